The molecule has 1 heterocycles. The van der Waals surface area contributed by atoms with Crippen molar-refractivity contribution >= 4 is 5.82 Å². The van der Waals surface area contributed by atoms with Crippen molar-refractivity contribution in [1.29, 1.82) is 0 Å². The molecule has 1 rings (SSSR count). The second-order valence-corrected chi connectivity index (χ2v) is 4.82. The molecule has 7 heteroatoms. The molecule has 18 heavy (non-hydrogen) atoms. The number of hydrogen-bond acceptors (Lipinski definition) is 4. The first kappa shape index (κ1) is 14.5. The summed E-state index contributed by atoms with van der Waals surface area (Å²) >= 11 is 0. The molecular formula is C11H16F3N3O. The Bertz CT molecular complexity index is 413. The Morgan fingerprint density at radius 2 is 1.83 bits per heavy atom. The van der Waals surface area contributed by atoms with Crippen LogP contribution in [0.2, 0.25) is 0 Å². The van der Waals surface area contributed by atoms with Gasteiger partial charge in [0, 0.05) is 18.5 Å². The molecule has 1 aromatic heterocycles. The quantitative estimate of drug-likeness (QED) is 0.910. The maximum absolute atomic E-state index is 12.1. The number of ether oxygens (including phenoxy) is 1. The van der Waals surface area contributed by atoms with Crippen molar-refractivity contribution in [1.82, 2.24) is 9.97 Å². The van der Waals surface area contributed by atoms with E-state index in [4.69, 9.17) is 0 Å². The number of nitrogens with zero attached hydrogens (tertiary/aromatic N) is 2. The minimum absolute atomic E-state index is 0.0865. The highest BCUT2D eigenvalue weighted by molar-refractivity contribution is 5.38. The van der Waals surface area contributed by atoms with Crippen LogP contribution in [0.1, 0.15) is 26.6 Å². The van der Waals surface area contributed by atoms with Crippen LogP contribution in [0.15, 0.2) is 6.07 Å². The van der Waals surface area contributed by atoms with Gasteiger partial charge in [0.15, 0.2) is 6.61 Å². The fourth-order valence-electron chi connectivity index (χ4n) is 1.12. The monoisotopic (exact) mass is 263 g/mol. The van der Waals surface area contributed by atoms with Crippen molar-refractivity contribution in [2.45, 2.75) is 32.4 Å². The summed E-state index contributed by atoms with van der Waals surface area (Å²) in [5.41, 5.74) is -0.372. The molecule has 0 amide bonds. The molecule has 0 aromatic carbocycles. The molecule has 0 unspecified atom stereocenters. The van der Waals surface area contributed by atoms with Gasteiger partial charge in [-0.15, -0.1) is 0 Å². The number of anilines is 1. The van der Waals surface area contributed by atoms with E-state index in [1.54, 1.807) is 7.05 Å². The van der Waals surface area contributed by atoms with Gasteiger partial charge in [-0.05, 0) is 0 Å². The van der Waals surface area contributed by atoms with E-state index in [1.807, 2.05) is 20.8 Å². The van der Waals surface area contributed by atoms with Gasteiger partial charge in [-0.1, -0.05) is 20.8 Å². The zero-order valence-electron chi connectivity index (χ0n) is 10.7. The molecule has 102 valence electrons. The van der Waals surface area contributed by atoms with Crippen molar-refractivity contribution in [2.75, 3.05) is 19.0 Å². The van der Waals surface area contributed by atoms with E-state index in [2.05, 4.69) is 20.0 Å². The van der Waals surface area contributed by atoms with E-state index in [1.165, 1.54) is 6.07 Å². The predicted molar refractivity (Wildman–Crippen MR) is 61.8 cm³/mol. The first-order valence-corrected chi connectivity index (χ1v) is 5.39. The lowest BCUT2D eigenvalue weighted by Gasteiger charge is -2.18. The Morgan fingerprint density at radius 3 is 2.28 bits per heavy atom. The van der Waals surface area contributed by atoms with Crippen LogP contribution in [-0.2, 0) is 5.41 Å². The van der Waals surface area contributed by atoms with E-state index in [0.29, 0.717) is 11.6 Å². The Morgan fingerprint density at radius 1 is 1.22 bits per heavy atom. The topological polar surface area (TPSA) is 47.0 Å². The highest BCUT2D eigenvalue weighted by Gasteiger charge is 2.29. The van der Waals surface area contributed by atoms with Crippen LogP contribution in [0.5, 0.6) is 5.88 Å². The molecule has 0 aliphatic rings. The molecule has 0 fully saturated rings. The van der Waals surface area contributed by atoms with Crippen molar-refractivity contribution in [2.24, 2.45) is 0 Å². The number of nitrogens with one attached hydrogen (secondary N) is 1. The summed E-state index contributed by atoms with van der Waals surface area (Å²) in [6, 6.07) is 1.33. The van der Waals surface area contributed by atoms with Gasteiger partial charge < -0.3 is 10.1 Å². The zero-order chi connectivity index (χ0) is 14.0. The Balaban J connectivity index is 2.98. The van der Waals surface area contributed by atoms with Crippen molar-refractivity contribution in [3.8, 4) is 5.88 Å². The normalized spacial score (nSPS) is 12.4. The summed E-state index contributed by atoms with van der Waals surface area (Å²) in [5.74, 6) is 0.759. The summed E-state index contributed by atoms with van der Waals surface area (Å²) in [4.78, 5) is 8.17. The second kappa shape index (κ2) is 4.99. The molecule has 0 atom stereocenters. The van der Waals surface area contributed by atoms with Crippen LogP contribution in [0, 0.1) is 0 Å². The van der Waals surface area contributed by atoms with Gasteiger partial charge in [-0.25, -0.2) is 4.98 Å². The molecule has 0 saturated heterocycles. The molecule has 0 radical (unpaired) electrons. The molecule has 1 aromatic rings. The molecular weight excluding hydrogens is 247 g/mol. The fraction of sp³-hybridized carbons (Fsp3) is 0.636. The lowest BCUT2D eigenvalue weighted by molar-refractivity contribution is -0.154. The average Bonchev–Trinajstić information content (AvgIpc) is 2.24. The smallest absolute Gasteiger partial charge is 0.422 e. The summed E-state index contributed by atoms with van der Waals surface area (Å²) in [6.45, 7) is 4.25. The van der Waals surface area contributed by atoms with Gasteiger partial charge in [0.25, 0.3) is 0 Å². The standard InChI is InChI=1S/C11H16F3N3O/c1-10(2,3)9-16-7(15-4)5-8(17-9)18-6-11(12,13)14/h5H,6H2,1-4H3,(H,15,16,17). The molecule has 0 aliphatic carbocycles. The Hall–Kier alpha value is -1.53. The molecule has 0 bridgehead atoms. The van der Waals surface area contributed by atoms with Gasteiger partial charge in [-0.3, -0.25) is 0 Å². The summed E-state index contributed by atoms with van der Waals surface area (Å²) in [7, 11) is 1.63. The highest BCUT2D eigenvalue weighted by atomic mass is 19.4. The highest BCUT2D eigenvalue weighted by Crippen LogP contribution is 2.24. The molecule has 0 aliphatic heterocycles. The summed E-state index contributed by atoms with van der Waals surface area (Å²) in [6.07, 6.45) is -4.38. The maximum atomic E-state index is 12.1. The lowest BCUT2D eigenvalue weighted by Crippen LogP contribution is -2.22. The minimum Gasteiger partial charge on any atom is -0.468 e. The van der Waals surface area contributed by atoms with Crippen LogP contribution in [0.3, 0.4) is 0 Å². The third-order valence-electron chi connectivity index (χ3n) is 2.01. The van der Waals surface area contributed by atoms with E-state index in [0.717, 1.165) is 0 Å². The van der Waals surface area contributed by atoms with Crippen LogP contribution >= 0.6 is 0 Å². The fourth-order valence-corrected chi connectivity index (χ4v) is 1.12. The molecule has 0 saturated carbocycles. The third kappa shape index (κ3) is 4.38. The van der Waals surface area contributed by atoms with Crippen LogP contribution in [0.4, 0.5) is 19.0 Å². The zero-order valence-corrected chi connectivity index (χ0v) is 10.7. The van der Waals surface area contributed by atoms with Crippen LogP contribution in [0.25, 0.3) is 0 Å². The van der Waals surface area contributed by atoms with Crippen LogP contribution < -0.4 is 10.1 Å². The first-order valence-electron chi connectivity index (χ1n) is 5.39. The van der Waals surface area contributed by atoms with Gasteiger partial charge in [-0.2, -0.15) is 18.2 Å². The van der Waals surface area contributed by atoms with Crippen molar-refractivity contribution in [3.05, 3.63) is 11.9 Å². The number of hydrogen-bond donors (Lipinski definition) is 1. The average molecular weight is 263 g/mol. The largest absolute Gasteiger partial charge is 0.468 e. The van der Waals surface area contributed by atoms with Gasteiger partial charge in [0.05, 0.1) is 0 Å². The minimum atomic E-state index is -4.38. The number of rotatable bonds is 3. The molecule has 1 N–H and O–H groups in total. The van der Waals surface area contributed by atoms with Crippen molar-refractivity contribution < 1.29 is 17.9 Å². The Kier molecular flexibility index (Phi) is 4.03. The third-order valence-corrected chi connectivity index (χ3v) is 2.01. The van der Waals surface area contributed by atoms with Gasteiger partial charge in [0.1, 0.15) is 11.6 Å². The predicted octanol–water partition coefficient (Wildman–Crippen LogP) is 2.76. The summed E-state index contributed by atoms with van der Waals surface area (Å²) < 4.78 is 40.9. The van der Waals surface area contributed by atoms with Crippen molar-refractivity contribution in [3.63, 3.8) is 0 Å². The van der Waals surface area contributed by atoms with E-state index in [9.17, 15) is 13.2 Å². The first-order chi connectivity index (χ1) is 8.12. The maximum Gasteiger partial charge on any atom is 0.422 e. The van der Waals surface area contributed by atoms with Crippen LogP contribution in [-0.4, -0.2) is 29.8 Å². The lowest BCUT2D eigenvalue weighted by atomic mass is 9.96. The van der Waals surface area contributed by atoms with E-state index in [-0.39, 0.29) is 11.3 Å². The summed E-state index contributed by atoms with van der Waals surface area (Å²) in [5, 5.41) is 2.76. The van der Waals surface area contributed by atoms with Gasteiger partial charge >= 0.3 is 6.18 Å². The number of aromatic nitrogens is 2. The molecule has 4 nitrogen and oxygen atoms in total. The molecule has 0 spiro atoms. The SMILES string of the molecule is CNc1cc(OCC(F)(F)F)nc(C(C)(C)C)n1. The second-order valence-electron chi connectivity index (χ2n) is 4.82. The van der Waals surface area contributed by atoms with E-state index < -0.39 is 12.8 Å². The van der Waals surface area contributed by atoms with Gasteiger partial charge in [0.2, 0.25) is 5.88 Å². The number of alkyl halides is 3. The Labute approximate surface area is 104 Å². The van der Waals surface area contributed by atoms with E-state index >= 15 is 0 Å². The number of halogens is 3.